The van der Waals surface area contributed by atoms with Crippen molar-refractivity contribution in [3.05, 3.63) is 35.9 Å². The number of carbonyl (C=O) groups excluding carboxylic acids is 3. The van der Waals surface area contributed by atoms with E-state index in [0.29, 0.717) is 24.7 Å². The highest BCUT2D eigenvalue weighted by Crippen LogP contribution is 2.12. The molecule has 1 aromatic rings. The lowest BCUT2D eigenvalue weighted by Gasteiger charge is -2.24. The van der Waals surface area contributed by atoms with Crippen LogP contribution in [0.2, 0.25) is 0 Å². The second kappa shape index (κ2) is 14.6. The summed E-state index contributed by atoms with van der Waals surface area (Å²) in [6.07, 6.45) is 0.503. The fourth-order valence-corrected chi connectivity index (χ4v) is 3.10. The van der Waals surface area contributed by atoms with Crippen LogP contribution < -0.4 is 10.6 Å². The zero-order valence-electron chi connectivity index (χ0n) is 18.8. The van der Waals surface area contributed by atoms with Gasteiger partial charge in [0, 0.05) is 18.1 Å². The minimum absolute atomic E-state index is 0.199. The molecule has 31 heavy (non-hydrogen) atoms. The Hall–Kier alpha value is -2.42. The Kier molecular flexibility index (Phi) is 12.5. The van der Waals surface area contributed by atoms with E-state index in [9.17, 15) is 14.4 Å². The quantitative estimate of drug-likeness (QED) is 0.281. The van der Waals surface area contributed by atoms with E-state index in [0.717, 1.165) is 18.4 Å². The summed E-state index contributed by atoms with van der Waals surface area (Å²) in [6.45, 7) is 8.14. The number of rotatable bonds is 12. The van der Waals surface area contributed by atoms with E-state index in [-0.39, 0.29) is 6.61 Å². The molecule has 9 heteroatoms. The Bertz CT molecular complexity index is 678. The predicted molar refractivity (Wildman–Crippen MR) is 121 cm³/mol. The number of thioether (sulfide) groups is 1. The summed E-state index contributed by atoms with van der Waals surface area (Å²) in [4.78, 5) is 36.1. The third-order valence-electron chi connectivity index (χ3n) is 3.73. The number of amides is 2. The van der Waals surface area contributed by atoms with E-state index in [4.69, 9.17) is 14.2 Å². The molecule has 0 saturated carbocycles. The highest BCUT2D eigenvalue weighted by molar-refractivity contribution is 7.99. The maximum atomic E-state index is 12.4. The van der Waals surface area contributed by atoms with Gasteiger partial charge in [-0.05, 0) is 32.8 Å². The van der Waals surface area contributed by atoms with Crippen LogP contribution in [0.15, 0.2) is 30.3 Å². The second-order valence-corrected chi connectivity index (χ2v) is 8.93. The maximum absolute atomic E-state index is 12.4. The number of benzene rings is 1. The van der Waals surface area contributed by atoms with Gasteiger partial charge in [0.1, 0.15) is 18.2 Å². The van der Waals surface area contributed by atoms with E-state index in [2.05, 4.69) is 10.6 Å². The van der Waals surface area contributed by atoms with Gasteiger partial charge in [-0.25, -0.2) is 14.4 Å². The fraction of sp³-hybridized carbons (Fsp3) is 0.591. The van der Waals surface area contributed by atoms with Crippen LogP contribution in [-0.4, -0.2) is 54.5 Å². The molecule has 0 saturated heterocycles. The van der Waals surface area contributed by atoms with Crippen LogP contribution in [0.1, 0.15) is 46.1 Å². The van der Waals surface area contributed by atoms with Crippen molar-refractivity contribution in [2.45, 2.75) is 58.8 Å². The molecule has 0 aliphatic rings. The number of carbonyl (C=O) groups is 3. The standard InChI is InChI=1S/C22H34N2O6S/c1-5-6-13-28-21(27)24-18(19(25)30-22(2,3)4)16-31-14-12-23-20(26)29-15-17-10-8-7-9-11-17/h7-11,18H,5-6,12-16H2,1-4H3,(H,23,26)(H,24,27)/t18-/m0/s1. The van der Waals surface area contributed by atoms with Gasteiger partial charge in [-0.15, -0.1) is 0 Å². The third-order valence-corrected chi connectivity index (χ3v) is 4.79. The van der Waals surface area contributed by atoms with Gasteiger partial charge < -0.3 is 24.8 Å². The average Bonchev–Trinajstić information content (AvgIpc) is 2.70. The van der Waals surface area contributed by atoms with Crippen LogP contribution in [0.25, 0.3) is 0 Å². The maximum Gasteiger partial charge on any atom is 0.407 e. The first-order valence-corrected chi connectivity index (χ1v) is 11.5. The van der Waals surface area contributed by atoms with E-state index in [1.807, 2.05) is 37.3 Å². The predicted octanol–water partition coefficient (Wildman–Crippen LogP) is 3.88. The van der Waals surface area contributed by atoms with Crippen LogP contribution in [0, 0.1) is 0 Å². The van der Waals surface area contributed by atoms with Gasteiger partial charge in [0.25, 0.3) is 0 Å². The molecular weight excluding hydrogens is 420 g/mol. The molecule has 0 radical (unpaired) electrons. The summed E-state index contributed by atoms with van der Waals surface area (Å²) in [5.41, 5.74) is 0.238. The molecule has 0 bridgehead atoms. The van der Waals surface area contributed by atoms with Crippen molar-refractivity contribution in [2.24, 2.45) is 0 Å². The van der Waals surface area contributed by atoms with Crippen LogP contribution in [0.5, 0.6) is 0 Å². The fourth-order valence-electron chi connectivity index (χ4n) is 2.24. The van der Waals surface area contributed by atoms with E-state index in [1.165, 1.54) is 11.8 Å². The van der Waals surface area contributed by atoms with Gasteiger partial charge in [-0.1, -0.05) is 43.7 Å². The Labute approximate surface area is 188 Å². The number of esters is 1. The zero-order valence-corrected chi connectivity index (χ0v) is 19.6. The number of ether oxygens (including phenoxy) is 3. The minimum atomic E-state index is -0.844. The average molecular weight is 455 g/mol. The van der Waals surface area contributed by atoms with Crippen molar-refractivity contribution in [1.29, 1.82) is 0 Å². The van der Waals surface area contributed by atoms with Crippen LogP contribution in [-0.2, 0) is 25.6 Å². The summed E-state index contributed by atoms with van der Waals surface area (Å²) < 4.78 is 15.6. The monoisotopic (exact) mass is 454 g/mol. The van der Waals surface area contributed by atoms with Crippen molar-refractivity contribution in [3.63, 3.8) is 0 Å². The molecule has 1 rings (SSSR count). The SMILES string of the molecule is CCCCOC(=O)N[C@@H](CSCCNC(=O)OCc1ccccc1)C(=O)OC(C)(C)C. The number of unbranched alkanes of at least 4 members (excludes halogenated alkanes) is 1. The van der Waals surface area contributed by atoms with Gasteiger partial charge >= 0.3 is 18.2 Å². The largest absolute Gasteiger partial charge is 0.458 e. The summed E-state index contributed by atoms with van der Waals surface area (Å²) in [5.74, 6) is 0.299. The molecule has 8 nitrogen and oxygen atoms in total. The molecule has 1 aromatic carbocycles. The second-order valence-electron chi connectivity index (χ2n) is 7.78. The Morgan fingerprint density at radius 2 is 1.77 bits per heavy atom. The molecule has 0 heterocycles. The lowest BCUT2D eigenvalue weighted by Crippen LogP contribution is -2.46. The number of alkyl carbamates (subject to hydrolysis) is 2. The van der Waals surface area contributed by atoms with Crippen LogP contribution in [0.3, 0.4) is 0 Å². The van der Waals surface area contributed by atoms with Gasteiger partial charge in [0.2, 0.25) is 0 Å². The Morgan fingerprint density at radius 3 is 2.42 bits per heavy atom. The first kappa shape index (κ1) is 26.6. The molecule has 2 N–H and O–H groups in total. The topological polar surface area (TPSA) is 103 Å². The molecule has 0 spiro atoms. The number of hydrogen-bond acceptors (Lipinski definition) is 7. The van der Waals surface area contributed by atoms with Crippen molar-refractivity contribution < 1.29 is 28.6 Å². The first-order chi connectivity index (χ1) is 14.7. The van der Waals surface area contributed by atoms with Crippen molar-refractivity contribution in [2.75, 3.05) is 24.7 Å². The molecule has 2 amide bonds. The summed E-state index contributed by atoms with van der Waals surface area (Å²) in [5, 5.41) is 5.23. The molecule has 0 aliphatic carbocycles. The summed E-state index contributed by atoms with van der Waals surface area (Å²) in [7, 11) is 0. The van der Waals surface area contributed by atoms with Crippen LogP contribution >= 0.6 is 11.8 Å². The summed E-state index contributed by atoms with van der Waals surface area (Å²) in [6, 6.07) is 8.55. The molecule has 0 unspecified atom stereocenters. The molecule has 0 aliphatic heterocycles. The van der Waals surface area contributed by atoms with Gasteiger partial charge in [0.05, 0.1) is 6.61 Å². The van der Waals surface area contributed by atoms with E-state index < -0.39 is 29.8 Å². The van der Waals surface area contributed by atoms with Crippen molar-refractivity contribution in [1.82, 2.24) is 10.6 Å². The highest BCUT2D eigenvalue weighted by atomic mass is 32.2. The smallest absolute Gasteiger partial charge is 0.407 e. The molecule has 0 fully saturated rings. The molecule has 174 valence electrons. The first-order valence-electron chi connectivity index (χ1n) is 10.4. The lowest BCUT2D eigenvalue weighted by atomic mass is 10.2. The highest BCUT2D eigenvalue weighted by Gasteiger charge is 2.27. The van der Waals surface area contributed by atoms with Crippen molar-refractivity contribution >= 4 is 29.9 Å². The zero-order chi connectivity index (χ0) is 23.1. The molecular formula is C22H34N2O6S. The Balaban J connectivity index is 2.36. The number of hydrogen-bond donors (Lipinski definition) is 2. The molecule has 1 atom stereocenters. The van der Waals surface area contributed by atoms with Crippen molar-refractivity contribution in [3.8, 4) is 0 Å². The van der Waals surface area contributed by atoms with Gasteiger partial charge in [0.15, 0.2) is 0 Å². The van der Waals surface area contributed by atoms with E-state index in [1.54, 1.807) is 20.8 Å². The normalized spacial score (nSPS) is 11.9. The van der Waals surface area contributed by atoms with Gasteiger partial charge in [-0.2, -0.15) is 11.8 Å². The Morgan fingerprint density at radius 1 is 1.06 bits per heavy atom. The minimum Gasteiger partial charge on any atom is -0.458 e. The number of nitrogens with one attached hydrogen (secondary N) is 2. The van der Waals surface area contributed by atoms with Gasteiger partial charge in [-0.3, -0.25) is 0 Å². The third kappa shape index (κ3) is 13.5. The van der Waals surface area contributed by atoms with Crippen LogP contribution in [0.4, 0.5) is 9.59 Å². The van der Waals surface area contributed by atoms with E-state index >= 15 is 0 Å². The summed E-state index contributed by atoms with van der Waals surface area (Å²) >= 11 is 1.40. The molecule has 0 aromatic heterocycles. The lowest BCUT2D eigenvalue weighted by molar-refractivity contribution is -0.156.